The van der Waals surface area contributed by atoms with Crippen LogP contribution in [0.15, 0.2) is 24.5 Å². The van der Waals surface area contributed by atoms with Crippen LogP contribution in [0.3, 0.4) is 0 Å². The molecule has 100 valence electrons. The van der Waals surface area contributed by atoms with Crippen molar-refractivity contribution in [3.8, 4) is 0 Å². The number of nitrogens with one attached hydrogen (secondary N) is 2. The summed E-state index contributed by atoms with van der Waals surface area (Å²) in [6, 6.07) is 7.14. The predicted molar refractivity (Wildman–Crippen MR) is 74.2 cm³/mol. The SMILES string of the molecule is c1nc2ccc(C3(C4CCCCN4)COC3)cc2[nH]1. The van der Waals surface area contributed by atoms with E-state index in [1.54, 1.807) is 6.33 Å². The van der Waals surface area contributed by atoms with E-state index in [0.29, 0.717) is 6.04 Å². The van der Waals surface area contributed by atoms with Crippen LogP contribution in [0.1, 0.15) is 24.8 Å². The van der Waals surface area contributed by atoms with Crippen molar-refractivity contribution in [1.82, 2.24) is 15.3 Å². The van der Waals surface area contributed by atoms with Gasteiger partial charge in [-0.2, -0.15) is 0 Å². The van der Waals surface area contributed by atoms with Gasteiger partial charge in [0.2, 0.25) is 0 Å². The number of ether oxygens (including phenoxy) is 1. The van der Waals surface area contributed by atoms with Gasteiger partial charge < -0.3 is 15.0 Å². The second kappa shape index (κ2) is 4.32. The summed E-state index contributed by atoms with van der Waals surface area (Å²) in [4.78, 5) is 7.51. The normalized spacial score (nSPS) is 26.2. The second-order valence-electron chi connectivity index (χ2n) is 5.79. The maximum Gasteiger partial charge on any atom is 0.0931 e. The first-order chi connectivity index (χ1) is 9.38. The second-order valence-corrected chi connectivity index (χ2v) is 5.79. The number of aromatic nitrogens is 2. The van der Waals surface area contributed by atoms with Gasteiger partial charge >= 0.3 is 0 Å². The molecule has 3 heterocycles. The van der Waals surface area contributed by atoms with Crippen LogP contribution in [0, 0.1) is 0 Å². The third-order valence-corrected chi connectivity index (χ3v) is 4.69. The molecular formula is C15H19N3O. The number of hydrogen-bond donors (Lipinski definition) is 2. The molecule has 0 bridgehead atoms. The van der Waals surface area contributed by atoms with Crippen molar-refractivity contribution >= 4 is 11.0 Å². The van der Waals surface area contributed by atoms with E-state index in [-0.39, 0.29) is 5.41 Å². The monoisotopic (exact) mass is 257 g/mol. The number of aromatic amines is 1. The summed E-state index contributed by atoms with van der Waals surface area (Å²) in [6.45, 7) is 2.81. The molecule has 4 nitrogen and oxygen atoms in total. The highest BCUT2D eigenvalue weighted by molar-refractivity contribution is 5.75. The molecule has 0 spiro atoms. The van der Waals surface area contributed by atoms with E-state index in [1.165, 1.54) is 24.8 Å². The van der Waals surface area contributed by atoms with E-state index in [0.717, 1.165) is 30.8 Å². The van der Waals surface area contributed by atoms with E-state index in [9.17, 15) is 0 Å². The molecule has 0 aliphatic carbocycles. The third kappa shape index (κ3) is 1.70. The van der Waals surface area contributed by atoms with E-state index < -0.39 is 0 Å². The van der Waals surface area contributed by atoms with Crippen LogP contribution in [-0.2, 0) is 10.2 Å². The number of benzene rings is 1. The molecule has 0 saturated carbocycles. The summed E-state index contributed by atoms with van der Waals surface area (Å²) in [5, 5.41) is 3.70. The zero-order valence-corrected chi connectivity index (χ0v) is 11.0. The maximum absolute atomic E-state index is 5.57. The molecule has 2 aromatic rings. The Bertz CT molecular complexity index is 582. The molecule has 2 fully saturated rings. The van der Waals surface area contributed by atoms with Gasteiger partial charge in [0.25, 0.3) is 0 Å². The van der Waals surface area contributed by atoms with Crippen molar-refractivity contribution in [1.29, 1.82) is 0 Å². The van der Waals surface area contributed by atoms with Crippen molar-refractivity contribution in [2.24, 2.45) is 0 Å². The van der Waals surface area contributed by atoms with Crippen LogP contribution in [0.4, 0.5) is 0 Å². The lowest BCUT2D eigenvalue weighted by atomic mass is 9.70. The fourth-order valence-electron chi connectivity index (χ4n) is 3.46. The number of piperidine rings is 1. The van der Waals surface area contributed by atoms with Crippen LogP contribution in [0.2, 0.25) is 0 Å². The summed E-state index contributed by atoms with van der Waals surface area (Å²) in [5.74, 6) is 0. The van der Waals surface area contributed by atoms with Crippen LogP contribution < -0.4 is 5.32 Å². The minimum absolute atomic E-state index is 0.166. The summed E-state index contributed by atoms with van der Waals surface area (Å²) >= 11 is 0. The van der Waals surface area contributed by atoms with Crippen molar-refractivity contribution in [3.63, 3.8) is 0 Å². The Labute approximate surface area is 112 Å². The van der Waals surface area contributed by atoms with E-state index >= 15 is 0 Å². The Kier molecular flexibility index (Phi) is 2.60. The number of nitrogens with zero attached hydrogens (tertiary/aromatic N) is 1. The fourth-order valence-corrected chi connectivity index (χ4v) is 3.46. The molecule has 0 radical (unpaired) electrons. The van der Waals surface area contributed by atoms with Crippen molar-refractivity contribution < 1.29 is 4.74 Å². The number of imidazole rings is 1. The van der Waals surface area contributed by atoms with E-state index in [2.05, 4.69) is 33.5 Å². The Balaban J connectivity index is 1.74. The molecule has 2 aliphatic heterocycles. The lowest BCUT2D eigenvalue weighted by Crippen LogP contribution is -2.61. The molecule has 1 unspecified atom stereocenters. The van der Waals surface area contributed by atoms with Crippen molar-refractivity contribution in [2.45, 2.75) is 30.7 Å². The van der Waals surface area contributed by atoms with Crippen LogP contribution in [0.5, 0.6) is 0 Å². The van der Waals surface area contributed by atoms with Gasteiger partial charge in [0.1, 0.15) is 0 Å². The van der Waals surface area contributed by atoms with Crippen molar-refractivity contribution in [2.75, 3.05) is 19.8 Å². The predicted octanol–water partition coefficient (Wildman–Crippen LogP) is 1.97. The fraction of sp³-hybridized carbons (Fsp3) is 0.533. The van der Waals surface area contributed by atoms with Crippen LogP contribution in [0.25, 0.3) is 11.0 Å². The molecule has 4 rings (SSSR count). The highest BCUT2D eigenvalue weighted by Crippen LogP contribution is 2.39. The zero-order chi connectivity index (χ0) is 12.7. The first-order valence-corrected chi connectivity index (χ1v) is 7.13. The van der Waals surface area contributed by atoms with Gasteiger partial charge in [-0.3, -0.25) is 0 Å². The average molecular weight is 257 g/mol. The van der Waals surface area contributed by atoms with Gasteiger partial charge in [0.15, 0.2) is 0 Å². The number of hydrogen-bond acceptors (Lipinski definition) is 3. The maximum atomic E-state index is 5.57. The highest BCUT2D eigenvalue weighted by atomic mass is 16.5. The standard InChI is InChI=1S/C15H19N3O/c1-2-6-16-14(3-1)15(8-19-9-15)11-4-5-12-13(7-11)18-10-17-12/h4-5,7,10,14,16H,1-3,6,8-9H2,(H,17,18). The van der Waals surface area contributed by atoms with Gasteiger partial charge in [-0.25, -0.2) is 4.98 Å². The molecule has 4 heteroatoms. The molecule has 0 amide bonds. The molecule has 2 N–H and O–H groups in total. The lowest BCUT2D eigenvalue weighted by molar-refractivity contribution is -0.0826. The van der Waals surface area contributed by atoms with Crippen LogP contribution in [-0.4, -0.2) is 35.8 Å². The summed E-state index contributed by atoms with van der Waals surface area (Å²) in [5.41, 5.74) is 3.71. The number of fused-ring (bicyclic) bond motifs is 1. The lowest BCUT2D eigenvalue weighted by Gasteiger charge is -2.49. The van der Waals surface area contributed by atoms with Crippen LogP contribution >= 0.6 is 0 Å². The largest absolute Gasteiger partial charge is 0.379 e. The average Bonchev–Trinajstić information content (AvgIpc) is 2.86. The summed E-state index contributed by atoms with van der Waals surface area (Å²) in [7, 11) is 0. The molecule has 1 aromatic carbocycles. The minimum atomic E-state index is 0.166. The molecular weight excluding hydrogens is 238 g/mol. The number of H-pyrrole nitrogens is 1. The first-order valence-electron chi connectivity index (χ1n) is 7.13. The minimum Gasteiger partial charge on any atom is -0.379 e. The molecule has 19 heavy (non-hydrogen) atoms. The Hall–Kier alpha value is -1.39. The Morgan fingerprint density at radius 2 is 2.21 bits per heavy atom. The van der Waals surface area contributed by atoms with Gasteiger partial charge in [0.05, 0.1) is 36.0 Å². The first kappa shape index (κ1) is 11.4. The van der Waals surface area contributed by atoms with Gasteiger partial charge in [-0.1, -0.05) is 12.5 Å². The molecule has 2 aliphatic rings. The summed E-state index contributed by atoms with van der Waals surface area (Å²) in [6.07, 6.45) is 5.64. The van der Waals surface area contributed by atoms with Gasteiger partial charge in [-0.05, 0) is 37.1 Å². The summed E-state index contributed by atoms with van der Waals surface area (Å²) < 4.78 is 5.57. The van der Waals surface area contributed by atoms with Crippen molar-refractivity contribution in [3.05, 3.63) is 30.1 Å². The zero-order valence-electron chi connectivity index (χ0n) is 11.0. The quantitative estimate of drug-likeness (QED) is 0.865. The topological polar surface area (TPSA) is 49.9 Å². The number of rotatable bonds is 2. The molecule has 2 saturated heterocycles. The smallest absolute Gasteiger partial charge is 0.0931 e. The highest BCUT2D eigenvalue weighted by Gasteiger charge is 2.47. The Morgan fingerprint density at radius 3 is 2.95 bits per heavy atom. The van der Waals surface area contributed by atoms with Gasteiger partial charge in [0, 0.05) is 6.04 Å². The van der Waals surface area contributed by atoms with E-state index in [4.69, 9.17) is 4.74 Å². The van der Waals surface area contributed by atoms with E-state index in [1.807, 2.05) is 0 Å². The Morgan fingerprint density at radius 1 is 1.26 bits per heavy atom. The third-order valence-electron chi connectivity index (χ3n) is 4.69. The van der Waals surface area contributed by atoms with Gasteiger partial charge in [-0.15, -0.1) is 0 Å². The molecule has 1 atom stereocenters. The molecule has 1 aromatic heterocycles.